The molecule has 1 atom stereocenters. The number of carbonyl (C=O) groups is 1. The van der Waals surface area contributed by atoms with Gasteiger partial charge < -0.3 is 14.6 Å². The zero-order chi connectivity index (χ0) is 22.9. The number of ether oxygens (including phenoxy) is 1. The van der Waals surface area contributed by atoms with E-state index >= 15 is 0 Å². The fraction of sp³-hybridized carbons (Fsp3) is 0.348. The maximum Gasteiger partial charge on any atom is 0.244 e. The molecule has 0 saturated carbocycles. The first kappa shape index (κ1) is 22.3. The summed E-state index contributed by atoms with van der Waals surface area (Å²) in [5.74, 6) is -0.0907. The highest BCUT2D eigenvalue weighted by Gasteiger charge is 2.31. The minimum Gasteiger partial charge on any atom is -0.497 e. The van der Waals surface area contributed by atoms with Crippen LogP contribution in [-0.4, -0.2) is 50.5 Å². The van der Waals surface area contributed by atoms with Crippen LogP contribution in [0.2, 0.25) is 0 Å². The number of likely N-dealkylation sites (tertiary alicyclic amines) is 1. The Morgan fingerprint density at radius 3 is 2.62 bits per heavy atom. The molecule has 1 fully saturated rings. The Labute approximate surface area is 186 Å². The Morgan fingerprint density at radius 1 is 1.22 bits per heavy atom. The average Bonchev–Trinajstić information content (AvgIpc) is 3.21. The number of nitrogens with zero attached hydrogens (tertiary/aromatic N) is 1. The van der Waals surface area contributed by atoms with Crippen molar-refractivity contribution in [3.63, 3.8) is 0 Å². The minimum absolute atomic E-state index is 0.283. The summed E-state index contributed by atoms with van der Waals surface area (Å²) in [6.07, 6.45) is 3.54. The van der Waals surface area contributed by atoms with E-state index in [1.165, 1.54) is 30.7 Å². The minimum atomic E-state index is -4.14. The quantitative estimate of drug-likeness (QED) is 0.591. The van der Waals surface area contributed by atoms with Gasteiger partial charge in [0.05, 0.1) is 13.2 Å². The zero-order valence-corrected chi connectivity index (χ0v) is 18.8. The first-order valence-electron chi connectivity index (χ1n) is 10.5. The number of fused-ring (bicyclic) bond motifs is 1. The first-order chi connectivity index (χ1) is 15.3. The number of methoxy groups -OCH3 is 1. The van der Waals surface area contributed by atoms with Gasteiger partial charge in [0.1, 0.15) is 16.5 Å². The van der Waals surface area contributed by atoms with Crippen LogP contribution in [0.25, 0.3) is 10.9 Å². The highest BCUT2D eigenvalue weighted by Crippen LogP contribution is 2.34. The number of aromatic nitrogens is 1. The normalized spacial score (nSPS) is 16.3. The second-order valence-corrected chi connectivity index (χ2v) is 9.71. The number of H-pyrrole nitrogens is 1. The molecule has 7 nitrogen and oxygen atoms in total. The molecule has 1 aliphatic rings. The van der Waals surface area contributed by atoms with Crippen LogP contribution >= 0.6 is 0 Å². The Hall–Kier alpha value is -2.91. The molecule has 2 N–H and O–H groups in total. The number of nitrogens with one attached hydrogen (secondary N) is 2. The van der Waals surface area contributed by atoms with Gasteiger partial charge in [0.25, 0.3) is 0 Å². The molecular formula is C23H26FN3O4S. The fourth-order valence-electron chi connectivity index (χ4n) is 4.28. The molecular weight excluding hydrogens is 433 g/mol. The van der Waals surface area contributed by atoms with Crippen molar-refractivity contribution in [2.45, 2.75) is 36.6 Å². The third kappa shape index (κ3) is 4.35. The van der Waals surface area contributed by atoms with Crippen LogP contribution < -0.4 is 9.46 Å². The largest absolute Gasteiger partial charge is 0.497 e. The number of piperidine rings is 1. The Balaban J connectivity index is 1.41. The van der Waals surface area contributed by atoms with Gasteiger partial charge in [0, 0.05) is 30.2 Å². The van der Waals surface area contributed by atoms with Gasteiger partial charge in [-0.1, -0.05) is 12.1 Å². The summed E-state index contributed by atoms with van der Waals surface area (Å²) in [5, 5.41) is 1.11. The molecule has 0 radical (unpaired) electrons. The molecule has 170 valence electrons. The van der Waals surface area contributed by atoms with E-state index in [1.54, 1.807) is 12.0 Å². The van der Waals surface area contributed by atoms with E-state index in [2.05, 4.69) is 9.71 Å². The number of benzene rings is 2. The monoisotopic (exact) mass is 459 g/mol. The smallest absolute Gasteiger partial charge is 0.244 e. The molecule has 0 bridgehead atoms. The molecule has 32 heavy (non-hydrogen) atoms. The summed E-state index contributed by atoms with van der Waals surface area (Å²) in [4.78, 5) is 17.4. The average molecular weight is 460 g/mol. The lowest BCUT2D eigenvalue weighted by atomic mass is 9.89. The number of amides is 1. The Kier molecular flexibility index (Phi) is 6.21. The molecule has 4 rings (SSSR count). The van der Waals surface area contributed by atoms with E-state index in [-0.39, 0.29) is 11.8 Å². The Morgan fingerprint density at radius 2 is 1.94 bits per heavy atom. The van der Waals surface area contributed by atoms with Crippen LogP contribution in [-0.2, 0) is 14.8 Å². The summed E-state index contributed by atoms with van der Waals surface area (Å²) in [5.41, 5.74) is 2.23. The van der Waals surface area contributed by atoms with E-state index in [1.807, 2.05) is 24.4 Å². The third-order valence-electron chi connectivity index (χ3n) is 6.00. The van der Waals surface area contributed by atoms with Crippen molar-refractivity contribution in [2.24, 2.45) is 0 Å². The summed E-state index contributed by atoms with van der Waals surface area (Å²) in [6.45, 7) is 2.52. The van der Waals surface area contributed by atoms with E-state index in [0.717, 1.165) is 35.6 Å². The highest BCUT2D eigenvalue weighted by atomic mass is 32.2. The van der Waals surface area contributed by atoms with Crippen LogP contribution in [0.5, 0.6) is 5.75 Å². The molecule has 1 amide bonds. The van der Waals surface area contributed by atoms with Crippen LogP contribution in [0.4, 0.5) is 4.39 Å². The van der Waals surface area contributed by atoms with E-state index in [4.69, 9.17) is 4.74 Å². The second kappa shape index (κ2) is 8.91. The molecule has 0 unspecified atom stereocenters. The molecule has 0 spiro atoms. The molecule has 1 aliphatic heterocycles. The van der Waals surface area contributed by atoms with Gasteiger partial charge >= 0.3 is 0 Å². The molecule has 2 aromatic carbocycles. The van der Waals surface area contributed by atoms with Crippen LogP contribution in [0.3, 0.4) is 0 Å². The van der Waals surface area contributed by atoms with Crippen molar-refractivity contribution >= 4 is 26.8 Å². The number of rotatable bonds is 6. The summed E-state index contributed by atoms with van der Waals surface area (Å²) in [6, 6.07) is 10.0. The van der Waals surface area contributed by atoms with Gasteiger partial charge in [0.2, 0.25) is 15.9 Å². The number of hydrogen-bond acceptors (Lipinski definition) is 4. The number of halogens is 1. The molecule has 1 aromatic heterocycles. The van der Waals surface area contributed by atoms with E-state index in [0.29, 0.717) is 13.1 Å². The summed E-state index contributed by atoms with van der Waals surface area (Å²) < 4.78 is 46.6. The van der Waals surface area contributed by atoms with Gasteiger partial charge in [-0.2, -0.15) is 4.72 Å². The number of sulfonamides is 1. The van der Waals surface area contributed by atoms with Crippen molar-refractivity contribution in [1.82, 2.24) is 14.6 Å². The predicted octanol–water partition coefficient (Wildman–Crippen LogP) is 3.39. The fourth-order valence-corrected chi connectivity index (χ4v) is 5.56. The molecule has 3 aromatic rings. The SMILES string of the molecule is COc1ccc2[nH]cc(C3CCN(C(=O)[C@H](C)NS(=O)(=O)c4ccccc4F)CC3)c2c1. The zero-order valence-electron chi connectivity index (χ0n) is 18.0. The van der Waals surface area contributed by atoms with E-state index < -0.39 is 26.8 Å². The van der Waals surface area contributed by atoms with Crippen LogP contribution in [0, 0.1) is 5.82 Å². The van der Waals surface area contributed by atoms with Gasteiger partial charge in [0.15, 0.2) is 0 Å². The van der Waals surface area contributed by atoms with Crippen molar-refractivity contribution in [1.29, 1.82) is 0 Å². The first-order valence-corrected chi connectivity index (χ1v) is 12.0. The van der Waals surface area contributed by atoms with Crippen molar-refractivity contribution in [3.8, 4) is 5.75 Å². The lowest BCUT2D eigenvalue weighted by Gasteiger charge is -2.33. The number of carbonyl (C=O) groups excluding carboxylic acids is 1. The topological polar surface area (TPSA) is 91.5 Å². The van der Waals surface area contributed by atoms with Crippen molar-refractivity contribution < 1.29 is 22.3 Å². The van der Waals surface area contributed by atoms with Gasteiger partial charge in [-0.3, -0.25) is 4.79 Å². The lowest BCUT2D eigenvalue weighted by molar-refractivity contribution is -0.133. The highest BCUT2D eigenvalue weighted by molar-refractivity contribution is 7.89. The Bertz CT molecular complexity index is 1230. The van der Waals surface area contributed by atoms with Gasteiger partial charge in [-0.05, 0) is 61.6 Å². The lowest BCUT2D eigenvalue weighted by Crippen LogP contribution is -2.49. The van der Waals surface area contributed by atoms with E-state index in [9.17, 15) is 17.6 Å². The molecule has 0 aliphatic carbocycles. The summed E-state index contributed by atoms with van der Waals surface area (Å²) >= 11 is 0. The number of aromatic amines is 1. The maximum absolute atomic E-state index is 13.9. The summed E-state index contributed by atoms with van der Waals surface area (Å²) in [7, 11) is -2.50. The molecule has 2 heterocycles. The maximum atomic E-state index is 13.9. The van der Waals surface area contributed by atoms with Gasteiger partial charge in [-0.25, -0.2) is 12.8 Å². The van der Waals surface area contributed by atoms with Crippen molar-refractivity contribution in [3.05, 3.63) is 60.0 Å². The molecule has 1 saturated heterocycles. The van der Waals surface area contributed by atoms with Crippen LogP contribution in [0.15, 0.2) is 53.6 Å². The van der Waals surface area contributed by atoms with Crippen molar-refractivity contribution in [2.75, 3.05) is 20.2 Å². The standard InChI is InChI=1S/C23H26FN3O4S/c1-15(26-32(29,30)22-6-4-3-5-20(22)24)23(28)27-11-9-16(10-12-27)19-14-25-21-8-7-17(31-2)13-18(19)21/h3-8,13-16,25-26H,9-12H2,1-2H3/t15-/m0/s1. The molecule has 9 heteroatoms. The van der Waals surface area contributed by atoms with Gasteiger partial charge in [-0.15, -0.1) is 0 Å². The second-order valence-electron chi connectivity index (χ2n) is 8.03. The number of hydrogen-bond donors (Lipinski definition) is 2. The predicted molar refractivity (Wildman–Crippen MR) is 120 cm³/mol. The third-order valence-corrected chi connectivity index (χ3v) is 7.57. The van der Waals surface area contributed by atoms with Crippen LogP contribution in [0.1, 0.15) is 31.2 Å².